The number of aromatic nitrogens is 2. The molecular weight excluding hydrogens is 290 g/mol. The van der Waals surface area contributed by atoms with Crippen molar-refractivity contribution in [3.05, 3.63) is 18.0 Å². The van der Waals surface area contributed by atoms with Crippen LogP contribution in [-0.4, -0.2) is 60.5 Å². The molecule has 0 aromatic carbocycles. The molecule has 1 amide bonds. The molecule has 2 aliphatic rings. The number of nitrogens with one attached hydrogen (secondary N) is 1. The number of hydrogen-bond acceptors (Lipinski definition) is 5. The summed E-state index contributed by atoms with van der Waals surface area (Å²) in [7, 11) is 1.99. The van der Waals surface area contributed by atoms with E-state index in [2.05, 4.69) is 20.2 Å². The van der Waals surface area contributed by atoms with Gasteiger partial charge in [0.15, 0.2) is 0 Å². The lowest BCUT2D eigenvalue weighted by Gasteiger charge is -2.32. The summed E-state index contributed by atoms with van der Waals surface area (Å²) in [4.78, 5) is 25.7. The molecule has 6 nitrogen and oxygen atoms in total. The van der Waals surface area contributed by atoms with Crippen LogP contribution in [-0.2, 0) is 0 Å². The molecule has 126 valence electrons. The molecule has 1 aromatic rings. The third-order valence-electron chi connectivity index (χ3n) is 4.96. The van der Waals surface area contributed by atoms with Crippen molar-refractivity contribution in [2.75, 3.05) is 44.7 Å². The highest BCUT2D eigenvalue weighted by Gasteiger charge is 2.25. The molecule has 23 heavy (non-hydrogen) atoms. The van der Waals surface area contributed by atoms with Gasteiger partial charge >= 0.3 is 0 Å². The second kappa shape index (κ2) is 7.73. The molecule has 1 N–H and O–H groups in total. The molecule has 0 unspecified atom stereocenters. The number of carbonyl (C=O) groups excluding carboxylic acids is 1. The van der Waals surface area contributed by atoms with Gasteiger partial charge in [0.2, 0.25) is 5.95 Å². The Kier molecular flexibility index (Phi) is 5.43. The molecule has 6 heteroatoms. The maximum atomic E-state index is 12.7. The number of hydrogen-bond donors (Lipinski definition) is 1. The SMILES string of the molecule is CNCCC1CCN(C(=O)c2ccnc(N3CCCC3)n2)CC1. The van der Waals surface area contributed by atoms with Crippen LogP contribution in [0.1, 0.15) is 42.6 Å². The zero-order valence-electron chi connectivity index (χ0n) is 14.0. The van der Waals surface area contributed by atoms with E-state index in [0.29, 0.717) is 11.6 Å². The van der Waals surface area contributed by atoms with Crippen molar-refractivity contribution in [2.45, 2.75) is 32.1 Å². The Hall–Kier alpha value is -1.69. The van der Waals surface area contributed by atoms with E-state index in [-0.39, 0.29) is 5.91 Å². The molecular formula is C17H27N5O. The van der Waals surface area contributed by atoms with E-state index in [4.69, 9.17) is 0 Å². The van der Waals surface area contributed by atoms with E-state index < -0.39 is 0 Å². The van der Waals surface area contributed by atoms with E-state index in [9.17, 15) is 4.79 Å². The van der Waals surface area contributed by atoms with Crippen LogP contribution in [0.2, 0.25) is 0 Å². The zero-order valence-corrected chi connectivity index (χ0v) is 14.0. The molecule has 0 bridgehead atoms. The van der Waals surface area contributed by atoms with Gasteiger partial charge in [0.05, 0.1) is 0 Å². The summed E-state index contributed by atoms with van der Waals surface area (Å²) < 4.78 is 0. The topological polar surface area (TPSA) is 61.4 Å². The summed E-state index contributed by atoms with van der Waals surface area (Å²) in [6.07, 6.45) is 7.47. The van der Waals surface area contributed by atoms with E-state index in [1.54, 1.807) is 12.3 Å². The molecule has 0 radical (unpaired) electrons. The Morgan fingerprint density at radius 3 is 2.70 bits per heavy atom. The van der Waals surface area contributed by atoms with Crippen LogP contribution >= 0.6 is 0 Å². The van der Waals surface area contributed by atoms with E-state index in [0.717, 1.165) is 51.5 Å². The maximum Gasteiger partial charge on any atom is 0.272 e. The minimum atomic E-state index is 0.0555. The summed E-state index contributed by atoms with van der Waals surface area (Å²) in [6, 6.07) is 1.75. The molecule has 0 saturated carbocycles. The highest BCUT2D eigenvalue weighted by Crippen LogP contribution is 2.22. The molecule has 0 spiro atoms. The third-order valence-corrected chi connectivity index (χ3v) is 4.96. The predicted octanol–water partition coefficient (Wildman–Crippen LogP) is 1.54. The fourth-order valence-electron chi connectivity index (χ4n) is 3.47. The van der Waals surface area contributed by atoms with Crippen LogP contribution in [0.5, 0.6) is 0 Å². The molecule has 0 aliphatic carbocycles. The monoisotopic (exact) mass is 317 g/mol. The fraction of sp³-hybridized carbons (Fsp3) is 0.706. The summed E-state index contributed by atoms with van der Waals surface area (Å²) in [6.45, 7) is 4.74. The van der Waals surface area contributed by atoms with E-state index >= 15 is 0 Å². The third kappa shape index (κ3) is 3.99. The highest BCUT2D eigenvalue weighted by atomic mass is 16.2. The van der Waals surface area contributed by atoms with Gasteiger partial charge in [-0.25, -0.2) is 9.97 Å². The molecule has 3 rings (SSSR count). The molecule has 1 aromatic heterocycles. The number of likely N-dealkylation sites (tertiary alicyclic amines) is 1. The number of rotatable bonds is 5. The van der Waals surface area contributed by atoms with Crippen molar-refractivity contribution in [3.63, 3.8) is 0 Å². The van der Waals surface area contributed by atoms with Crippen molar-refractivity contribution < 1.29 is 4.79 Å². The Labute approximate surface area is 138 Å². The Morgan fingerprint density at radius 1 is 1.26 bits per heavy atom. The lowest BCUT2D eigenvalue weighted by Crippen LogP contribution is -2.39. The average Bonchev–Trinajstić information content (AvgIpc) is 3.14. The van der Waals surface area contributed by atoms with Gasteiger partial charge in [-0.05, 0) is 57.7 Å². The Bertz CT molecular complexity index is 521. The van der Waals surface area contributed by atoms with E-state index in [1.807, 2.05) is 11.9 Å². The maximum absolute atomic E-state index is 12.7. The van der Waals surface area contributed by atoms with Gasteiger partial charge in [-0.2, -0.15) is 0 Å². The second-order valence-corrected chi connectivity index (χ2v) is 6.56. The standard InChI is InChI=1S/C17H27N5O/c1-18-8-4-14-6-12-21(13-7-14)16(23)15-5-9-19-17(20-15)22-10-2-3-11-22/h5,9,14,18H,2-4,6-8,10-13H2,1H3. The zero-order chi connectivity index (χ0) is 16.1. The summed E-state index contributed by atoms with van der Waals surface area (Å²) >= 11 is 0. The van der Waals surface area contributed by atoms with E-state index in [1.165, 1.54) is 19.3 Å². The van der Waals surface area contributed by atoms with Gasteiger partial charge in [-0.1, -0.05) is 0 Å². The van der Waals surface area contributed by atoms with Crippen LogP contribution in [0.25, 0.3) is 0 Å². The Morgan fingerprint density at radius 2 is 2.00 bits per heavy atom. The molecule has 2 fully saturated rings. The largest absolute Gasteiger partial charge is 0.341 e. The van der Waals surface area contributed by atoms with Crippen LogP contribution < -0.4 is 10.2 Å². The van der Waals surface area contributed by atoms with Crippen molar-refractivity contribution in [2.24, 2.45) is 5.92 Å². The highest BCUT2D eigenvalue weighted by molar-refractivity contribution is 5.92. The summed E-state index contributed by atoms with van der Waals surface area (Å²) in [5.41, 5.74) is 0.538. The molecule has 2 saturated heterocycles. The average molecular weight is 317 g/mol. The van der Waals surface area contributed by atoms with Gasteiger partial charge in [-0.3, -0.25) is 4.79 Å². The van der Waals surface area contributed by atoms with Gasteiger partial charge in [0.1, 0.15) is 5.69 Å². The van der Waals surface area contributed by atoms with Gasteiger partial charge < -0.3 is 15.1 Å². The number of carbonyl (C=O) groups is 1. The van der Waals surface area contributed by atoms with Crippen molar-refractivity contribution in [1.82, 2.24) is 20.2 Å². The smallest absolute Gasteiger partial charge is 0.272 e. The van der Waals surface area contributed by atoms with Gasteiger partial charge in [-0.15, -0.1) is 0 Å². The van der Waals surface area contributed by atoms with Crippen molar-refractivity contribution >= 4 is 11.9 Å². The van der Waals surface area contributed by atoms with Crippen LogP contribution in [0, 0.1) is 5.92 Å². The summed E-state index contributed by atoms with van der Waals surface area (Å²) in [5, 5.41) is 3.21. The predicted molar refractivity (Wildman–Crippen MR) is 90.7 cm³/mol. The number of anilines is 1. The van der Waals surface area contributed by atoms with Gasteiger partial charge in [0.25, 0.3) is 5.91 Å². The minimum Gasteiger partial charge on any atom is -0.341 e. The first-order valence-corrected chi connectivity index (χ1v) is 8.80. The molecule has 3 heterocycles. The van der Waals surface area contributed by atoms with Crippen LogP contribution in [0.4, 0.5) is 5.95 Å². The summed E-state index contributed by atoms with van der Waals surface area (Å²) in [5.74, 6) is 1.49. The minimum absolute atomic E-state index is 0.0555. The first kappa shape index (κ1) is 16.2. The second-order valence-electron chi connectivity index (χ2n) is 6.56. The van der Waals surface area contributed by atoms with Crippen LogP contribution in [0.15, 0.2) is 12.3 Å². The number of nitrogens with zero attached hydrogens (tertiary/aromatic N) is 4. The van der Waals surface area contributed by atoms with Crippen LogP contribution in [0.3, 0.4) is 0 Å². The number of piperidine rings is 1. The normalized spacial score (nSPS) is 19.3. The molecule has 2 aliphatic heterocycles. The van der Waals surface area contributed by atoms with Gasteiger partial charge in [0, 0.05) is 32.4 Å². The first-order chi connectivity index (χ1) is 11.3. The van der Waals surface area contributed by atoms with Crippen molar-refractivity contribution in [3.8, 4) is 0 Å². The lowest BCUT2D eigenvalue weighted by atomic mass is 9.93. The first-order valence-electron chi connectivity index (χ1n) is 8.80. The Balaban J connectivity index is 1.59. The molecule has 0 atom stereocenters. The lowest BCUT2D eigenvalue weighted by molar-refractivity contribution is 0.0681. The number of amides is 1. The quantitative estimate of drug-likeness (QED) is 0.892. The fourth-order valence-corrected chi connectivity index (χ4v) is 3.47. The van der Waals surface area contributed by atoms with Crippen molar-refractivity contribution in [1.29, 1.82) is 0 Å².